The van der Waals surface area contributed by atoms with Gasteiger partial charge in [0.1, 0.15) is 0 Å². The van der Waals surface area contributed by atoms with Crippen molar-refractivity contribution in [1.82, 2.24) is 15.1 Å². The molecule has 30 heavy (non-hydrogen) atoms. The van der Waals surface area contributed by atoms with E-state index in [0.717, 1.165) is 43.7 Å². The lowest BCUT2D eigenvalue weighted by Gasteiger charge is -2.33. The van der Waals surface area contributed by atoms with Crippen LogP contribution < -0.4 is 10.6 Å². The normalized spacial score (nSPS) is 17.5. The van der Waals surface area contributed by atoms with E-state index in [1.165, 1.54) is 11.1 Å². The van der Waals surface area contributed by atoms with Crippen LogP contribution in [0.15, 0.2) is 48.5 Å². The number of benzene rings is 2. The second kappa shape index (κ2) is 9.30. The topological polar surface area (TPSA) is 64.7 Å². The van der Waals surface area contributed by atoms with Crippen molar-refractivity contribution >= 4 is 17.6 Å². The van der Waals surface area contributed by atoms with Crippen LogP contribution in [0.5, 0.6) is 0 Å². The minimum atomic E-state index is -0.193. The molecule has 3 amide bonds. The number of amides is 3. The highest BCUT2D eigenvalue weighted by Crippen LogP contribution is 2.20. The molecule has 1 unspecified atom stereocenters. The molecule has 2 aliphatic rings. The van der Waals surface area contributed by atoms with E-state index < -0.39 is 0 Å². The molecule has 158 valence electrons. The number of carbonyl (C=O) groups excluding carboxylic acids is 2. The summed E-state index contributed by atoms with van der Waals surface area (Å²) >= 11 is 0. The summed E-state index contributed by atoms with van der Waals surface area (Å²) in [6.07, 6.45) is 2.66. The van der Waals surface area contributed by atoms with E-state index in [-0.39, 0.29) is 18.0 Å². The van der Waals surface area contributed by atoms with Gasteiger partial charge in [-0.05, 0) is 48.6 Å². The van der Waals surface area contributed by atoms with Gasteiger partial charge in [-0.25, -0.2) is 4.79 Å². The summed E-state index contributed by atoms with van der Waals surface area (Å²) in [5.41, 5.74) is 4.65. The summed E-state index contributed by atoms with van der Waals surface area (Å²) in [6, 6.07) is 16.4. The van der Waals surface area contributed by atoms with Crippen molar-refractivity contribution in [2.45, 2.75) is 45.3 Å². The summed E-state index contributed by atoms with van der Waals surface area (Å²) in [4.78, 5) is 28.4. The number of hydrogen-bond donors (Lipinski definition) is 2. The molecular formula is C24H30N4O2. The molecule has 2 N–H and O–H groups in total. The van der Waals surface area contributed by atoms with Crippen molar-refractivity contribution < 1.29 is 9.59 Å². The third-order valence-corrected chi connectivity index (χ3v) is 6.10. The minimum Gasteiger partial charge on any atom is -0.338 e. The first-order chi connectivity index (χ1) is 14.6. The molecule has 2 aromatic rings. The van der Waals surface area contributed by atoms with Gasteiger partial charge in [-0.3, -0.25) is 9.69 Å². The molecule has 6 heteroatoms. The maximum absolute atomic E-state index is 12.3. The predicted molar refractivity (Wildman–Crippen MR) is 118 cm³/mol. The molecule has 6 nitrogen and oxygen atoms in total. The van der Waals surface area contributed by atoms with Crippen LogP contribution in [0.4, 0.5) is 10.5 Å². The average molecular weight is 407 g/mol. The largest absolute Gasteiger partial charge is 0.338 e. The van der Waals surface area contributed by atoms with Gasteiger partial charge < -0.3 is 15.5 Å². The molecular weight excluding hydrogens is 376 g/mol. The van der Waals surface area contributed by atoms with Crippen LogP contribution >= 0.6 is 0 Å². The highest BCUT2D eigenvalue weighted by atomic mass is 16.2. The number of hydrogen-bond acceptors (Lipinski definition) is 3. The number of nitrogens with one attached hydrogen (secondary N) is 2. The van der Waals surface area contributed by atoms with Crippen molar-refractivity contribution in [2.75, 3.05) is 25.0 Å². The molecule has 0 aromatic heterocycles. The Labute approximate surface area is 178 Å². The standard InChI is InChI=1S/C24H30N4O2/c1-18(27-14-12-20-5-2-3-6-21(20)17-27)15-25-24(30)26-22-10-8-19(9-11-22)16-28-13-4-7-23(28)29/h2-3,5-6,8-11,18H,4,7,12-17H2,1H3,(H2,25,26,30). The Morgan fingerprint density at radius 2 is 1.80 bits per heavy atom. The van der Waals surface area contributed by atoms with Gasteiger partial charge in [0.05, 0.1) is 0 Å². The predicted octanol–water partition coefficient (Wildman–Crippen LogP) is 3.38. The Hall–Kier alpha value is -2.86. The van der Waals surface area contributed by atoms with Gasteiger partial charge >= 0.3 is 6.03 Å². The number of anilines is 1. The number of nitrogens with zero attached hydrogens (tertiary/aromatic N) is 2. The number of likely N-dealkylation sites (tertiary alicyclic amines) is 1. The maximum Gasteiger partial charge on any atom is 0.319 e. The average Bonchev–Trinajstić information content (AvgIpc) is 3.17. The molecule has 0 bridgehead atoms. The lowest BCUT2D eigenvalue weighted by molar-refractivity contribution is -0.128. The maximum atomic E-state index is 12.3. The Bertz CT molecular complexity index is 896. The smallest absolute Gasteiger partial charge is 0.319 e. The zero-order valence-electron chi connectivity index (χ0n) is 17.6. The molecule has 1 saturated heterocycles. The van der Waals surface area contributed by atoms with Gasteiger partial charge in [0.25, 0.3) is 0 Å². The quantitative estimate of drug-likeness (QED) is 0.773. The molecule has 1 fully saturated rings. The first-order valence-electron chi connectivity index (χ1n) is 10.8. The molecule has 0 radical (unpaired) electrons. The van der Waals surface area contributed by atoms with Crippen molar-refractivity contribution in [3.8, 4) is 0 Å². The van der Waals surface area contributed by atoms with Gasteiger partial charge in [-0.2, -0.15) is 0 Å². The molecule has 4 rings (SSSR count). The Balaban J connectivity index is 1.22. The summed E-state index contributed by atoms with van der Waals surface area (Å²) in [6.45, 7) is 6.18. The van der Waals surface area contributed by atoms with E-state index in [1.807, 2.05) is 29.2 Å². The molecule has 2 heterocycles. The zero-order chi connectivity index (χ0) is 20.9. The molecule has 2 aliphatic heterocycles. The van der Waals surface area contributed by atoms with E-state index in [4.69, 9.17) is 0 Å². The van der Waals surface area contributed by atoms with Crippen molar-refractivity contribution in [3.63, 3.8) is 0 Å². The van der Waals surface area contributed by atoms with E-state index in [1.54, 1.807) is 0 Å². The van der Waals surface area contributed by atoms with E-state index in [0.29, 0.717) is 19.5 Å². The summed E-state index contributed by atoms with van der Waals surface area (Å²) in [5, 5.41) is 5.88. The molecule has 0 spiro atoms. The lowest BCUT2D eigenvalue weighted by Crippen LogP contribution is -2.45. The summed E-state index contributed by atoms with van der Waals surface area (Å²) < 4.78 is 0. The van der Waals surface area contributed by atoms with Crippen LogP contribution in [0, 0.1) is 0 Å². The second-order valence-corrected chi connectivity index (χ2v) is 8.29. The minimum absolute atomic E-state index is 0.193. The monoisotopic (exact) mass is 406 g/mol. The van der Waals surface area contributed by atoms with Crippen LogP contribution in [-0.2, 0) is 24.3 Å². The van der Waals surface area contributed by atoms with Gasteiger partial charge in [-0.15, -0.1) is 0 Å². The van der Waals surface area contributed by atoms with Crippen molar-refractivity contribution in [3.05, 3.63) is 65.2 Å². The zero-order valence-corrected chi connectivity index (χ0v) is 17.6. The summed E-state index contributed by atoms with van der Waals surface area (Å²) in [5.74, 6) is 0.225. The first kappa shape index (κ1) is 20.4. The van der Waals surface area contributed by atoms with E-state index in [9.17, 15) is 9.59 Å². The third kappa shape index (κ3) is 5.00. The highest BCUT2D eigenvalue weighted by molar-refractivity contribution is 5.89. The Kier molecular flexibility index (Phi) is 6.33. The van der Waals surface area contributed by atoms with Gasteiger partial charge in [0.15, 0.2) is 0 Å². The van der Waals surface area contributed by atoms with Crippen LogP contribution in [-0.4, -0.2) is 47.4 Å². The first-order valence-corrected chi connectivity index (χ1v) is 10.8. The fourth-order valence-corrected chi connectivity index (χ4v) is 4.22. The van der Waals surface area contributed by atoms with Crippen molar-refractivity contribution in [1.29, 1.82) is 0 Å². The van der Waals surface area contributed by atoms with Crippen LogP contribution in [0.3, 0.4) is 0 Å². The molecule has 2 aromatic carbocycles. The fraction of sp³-hybridized carbons (Fsp3) is 0.417. The van der Waals surface area contributed by atoms with Crippen LogP contribution in [0.1, 0.15) is 36.5 Å². The van der Waals surface area contributed by atoms with Crippen LogP contribution in [0.2, 0.25) is 0 Å². The Morgan fingerprint density at radius 3 is 2.53 bits per heavy atom. The third-order valence-electron chi connectivity index (χ3n) is 6.10. The van der Waals surface area contributed by atoms with Gasteiger partial charge in [0.2, 0.25) is 5.91 Å². The molecule has 1 atom stereocenters. The molecule has 0 aliphatic carbocycles. The number of carbonyl (C=O) groups is 2. The summed E-state index contributed by atoms with van der Waals surface area (Å²) in [7, 11) is 0. The number of rotatable bonds is 6. The van der Waals surface area contributed by atoms with E-state index in [2.05, 4.69) is 46.7 Å². The van der Waals surface area contributed by atoms with Crippen molar-refractivity contribution in [2.24, 2.45) is 0 Å². The lowest BCUT2D eigenvalue weighted by atomic mass is 9.99. The van der Waals surface area contributed by atoms with Gasteiger partial charge in [0, 0.05) is 50.9 Å². The fourth-order valence-electron chi connectivity index (χ4n) is 4.22. The number of urea groups is 1. The molecule has 0 saturated carbocycles. The SMILES string of the molecule is CC(CNC(=O)Nc1ccc(CN2CCCC2=O)cc1)N1CCc2ccccc2C1. The second-order valence-electron chi connectivity index (χ2n) is 8.29. The highest BCUT2D eigenvalue weighted by Gasteiger charge is 2.21. The van der Waals surface area contributed by atoms with Gasteiger partial charge in [-0.1, -0.05) is 36.4 Å². The van der Waals surface area contributed by atoms with Crippen LogP contribution in [0.25, 0.3) is 0 Å². The Morgan fingerprint density at radius 1 is 1.03 bits per heavy atom. The van der Waals surface area contributed by atoms with E-state index >= 15 is 0 Å². The number of fused-ring (bicyclic) bond motifs is 1.